The number of para-hydroxylation sites is 1. The number of carbonyl (C=O) groups excluding carboxylic acids is 1. The molecule has 1 aliphatic rings. The van der Waals surface area contributed by atoms with Gasteiger partial charge in [-0.25, -0.2) is 0 Å². The predicted molar refractivity (Wildman–Crippen MR) is 74.6 cm³/mol. The van der Waals surface area contributed by atoms with Crippen molar-refractivity contribution in [1.29, 1.82) is 5.26 Å². The summed E-state index contributed by atoms with van der Waals surface area (Å²) in [5, 5.41) is 9.36. The Labute approximate surface area is 119 Å². The van der Waals surface area contributed by atoms with Crippen molar-refractivity contribution in [3.8, 4) is 11.8 Å². The van der Waals surface area contributed by atoms with Crippen molar-refractivity contribution in [1.82, 2.24) is 0 Å². The van der Waals surface area contributed by atoms with Gasteiger partial charge in [0.15, 0.2) is 5.78 Å². The van der Waals surface area contributed by atoms with Crippen molar-refractivity contribution in [3.05, 3.63) is 29.8 Å². The number of benzene rings is 1. The van der Waals surface area contributed by atoms with Crippen LogP contribution >= 0.6 is 0 Å². The number of nitriles is 1. The molecule has 0 saturated heterocycles. The highest BCUT2D eigenvalue weighted by Gasteiger charge is 2.41. The summed E-state index contributed by atoms with van der Waals surface area (Å²) in [7, 11) is 3.18. The van der Waals surface area contributed by atoms with E-state index in [4.69, 9.17) is 9.47 Å². The lowest BCUT2D eigenvalue weighted by Crippen LogP contribution is -2.42. The standard InChI is InChI=1S/C16H19NO3/c1-19-15-7-4-3-6-12(15)13(11-17)14(18)10-16(20-2)8-5-9-16/h3-4,6-7,13H,5,8-10H2,1-2H3. The zero-order valence-corrected chi connectivity index (χ0v) is 11.9. The molecule has 0 spiro atoms. The van der Waals surface area contributed by atoms with Gasteiger partial charge in [-0.1, -0.05) is 18.2 Å². The van der Waals surface area contributed by atoms with E-state index < -0.39 is 5.92 Å². The molecule has 1 atom stereocenters. The molecule has 1 aromatic carbocycles. The Morgan fingerprint density at radius 2 is 2.10 bits per heavy atom. The number of nitrogens with zero attached hydrogens (tertiary/aromatic N) is 1. The van der Waals surface area contributed by atoms with E-state index in [0.717, 1.165) is 19.3 Å². The minimum atomic E-state index is -0.793. The van der Waals surface area contributed by atoms with E-state index in [9.17, 15) is 10.1 Å². The van der Waals surface area contributed by atoms with Crippen molar-refractivity contribution in [2.45, 2.75) is 37.2 Å². The molecule has 1 aliphatic carbocycles. The summed E-state index contributed by atoms with van der Waals surface area (Å²) < 4.78 is 10.7. The first kappa shape index (κ1) is 14.5. The predicted octanol–water partition coefficient (Wildman–Crippen LogP) is 2.83. The van der Waals surface area contributed by atoms with Crippen molar-refractivity contribution < 1.29 is 14.3 Å². The van der Waals surface area contributed by atoms with Crippen molar-refractivity contribution in [2.75, 3.05) is 14.2 Å². The first-order chi connectivity index (χ1) is 9.65. The molecule has 0 bridgehead atoms. The lowest BCUT2D eigenvalue weighted by Gasteiger charge is -2.40. The molecule has 1 fully saturated rings. The second kappa shape index (κ2) is 6.06. The van der Waals surface area contributed by atoms with Crippen LogP contribution in [0.15, 0.2) is 24.3 Å². The van der Waals surface area contributed by atoms with Gasteiger partial charge in [-0.2, -0.15) is 5.26 Å². The molecule has 0 amide bonds. The molecule has 106 valence electrons. The van der Waals surface area contributed by atoms with Crippen LogP contribution in [0.4, 0.5) is 0 Å². The minimum Gasteiger partial charge on any atom is -0.496 e. The molecule has 1 unspecified atom stereocenters. The Morgan fingerprint density at radius 1 is 1.40 bits per heavy atom. The zero-order chi connectivity index (χ0) is 14.6. The molecule has 0 aliphatic heterocycles. The number of ketones is 1. The molecule has 4 heteroatoms. The smallest absolute Gasteiger partial charge is 0.157 e. The highest BCUT2D eigenvalue weighted by atomic mass is 16.5. The Kier molecular flexibility index (Phi) is 4.41. The Balaban J connectivity index is 2.20. The molecule has 0 aromatic heterocycles. The summed E-state index contributed by atoms with van der Waals surface area (Å²) in [6, 6.07) is 9.27. The van der Waals surface area contributed by atoms with Crippen LogP contribution in [0.2, 0.25) is 0 Å². The number of Topliss-reactive ketones (excluding diaryl/α,β-unsaturated/α-hetero) is 1. The molecule has 4 nitrogen and oxygen atoms in total. The summed E-state index contributed by atoms with van der Waals surface area (Å²) in [5.41, 5.74) is 0.280. The van der Waals surface area contributed by atoms with Gasteiger partial charge >= 0.3 is 0 Å². The quantitative estimate of drug-likeness (QED) is 0.799. The summed E-state index contributed by atoms with van der Waals surface area (Å²) in [4.78, 5) is 12.5. The van der Waals surface area contributed by atoms with E-state index in [1.54, 1.807) is 26.4 Å². The third kappa shape index (κ3) is 2.68. The van der Waals surface area contributed by atoms with Crippen LogP contribution in [0.1, 0.15) is 37.2 Å². The fourth-order valence-electron chi connectivity index (χ4n) is 2.66. The van der Waals surface area contributed by atoms with Gasteiger partial charge in [0, 0.05) is 19.1 Å². The second-order valence-corrected chi connectivity index (χ2v) is 5.19. The maximum absolute atomic E-state index is 12.5. The van der Waals surface area contributed by atoms with E-state index >= 15 is 0 Å². The van der Waals surface area contributed by atoms with E-state index in [2.05, 4.69) is 6.07 Å². The normalized spacial score (nSPS) is 17.6. The van der Waals surface area contributed by atoms with Crippen LogP contribution in [0.3, 0.4) is 0 Å². The first-order valence-electron chi connectivity index (χ1n) is 6.76. The van der Waals surface area contributed by atoms with Gasteiger partial charge in [0.2, 0.25) is 0 Å². The van der Waals surface area contributed by atoms with Crippen LogP contribution in [-0.4, -0.2) is 25.6 Å². The number of rotatable bonds is 6. The largest absolute Gasteiger partial charge is 0.496 e. The van der Waals surface area contributed by atoms with Crippen LogP contribution in [0.5, 0.6) is 5.75 Å². The number of hydrogen-bond donors (Lipinski definition) is 0. The average molecular weight is 273 g/mol. The summed E-state index contributed by atoms with van der Waals surface area (Å²) >= 11 is 0. The van der Waals surface area contributed by atoms with Crippen LogP contribution in [0, 0.1) is 11.3 Å². The number of methoxy groups -OCH3 is 2. The lowest BCUT2D eigenvalue weighted by atomic mass is 9.74. The van der Waals surface area contributed by atoms with Crippen molar-refractivity contribution in [2.24, 2.45) is 0 Å². The van der Waals surface area contributed by atoms with E-state index in [0.29, 0.717) is 17.7 Å². The average Bonchev–Trinajstić information content (AvgIpc) is 2.44. The fourth-order valence-corrected chi connectivity index (χ4v) is 2.66. The number of hydrogen-bond acceptors (Lipinski definition) is 4. The third-order valence-electron chi connectivity index (χ3n) is 4.10. The minimum absolute atomic E-state index is 0.0986. The first-order valence-corrected chi connectivity index (χ1v) is 6.76. The molecule has 2 rings (SSSR count). The monoisotopic (exact) mass is 273 g/mol. The molecular formula is C16H19NO3. The van der Waals surface area contributed by atoms with Gasteiger partial charge in [-0.3, -0.25) is 4.79 Å². The topological polar surface area (TPSA) is 59.3 Å². The Morgan fingerprint density at radius 3 is 2.60 bits per heavy atom. The zero-order valence-electron chi connectivity index (χ0n) is 11.9. The summed E-state index contributed by atoms with van der Waals surface area (Å²) in [5.74, 6) is -0.315. The van der Waals surface area contributed by atoms with Gasteiger partial charge in [-0.05, 0) is 25.3 Å². The Hall–Kier alpha value is -1.86. The van der Waals surface area contributed by atoms with Gasteiger partial charge in [0.25, 0.3) is 0 Å². The molecule has 1 aromatic rings. The maximum Gasteiger partial charge on any atom is 0.157 e. The highest BCUT2D eigenvalue weighted by Crippen LogP contribution is 2.40. The molecule has 20 heavy (non-hydrogen) atoms. The number of carbonyl (C=O) groups is 1. The molecular weight excluding hydrogens is 254 g/mol. The van der Waals surface area contributed by atoms with Gasteiger partial charge in [0.1, 0.15) is 11.7 Å². The molecule has 1 saturated carbocycles. The van der Waals surface area contributed by atoms with E-state index in [-0.39, 0.29) is 11.4 Å². The van der Waals surface area contributed by atoms with Crippen LogP contribution < -0.4 is 4.74 Å². The maximum atomic E-state index is 12.5. The lowest BCUT2D eigenvalue weighted by molar-refractivity contribution is -0.132. The van der Waals surface area contributed by atoms with Gasteiger partial charge in [-0.15, -0.1) is 0 Å². The molecule has 0 N–H and O–H groups in total. The molecule has 0 heterocycles. The van der Waals surface area contributed by atoms with Crippen LogP contribution in [-0.2, 0) is 9.53 Å². The van der Waals surface area contributed by atoms with E-state index in [1.165, 1.54) is 0 Å². The van der Waals surface area contributed by atoms with Crippen LogP contribution in [0.25, 0.3) is 0 Å². The highest BCUT2D eigenvalue weighted by molar-refractivity contribution is 5.90. The summed E-state index contributed by atoms with van der Waals surface area (Å²) in [6.45, 7) is 0. The fraction of sp³-hybridized carbons (Fsp3) is 0.500. The molecule has 0 radical (unpaired) electrons. The van der Waals surface area contributed by atoms with Gasteiger partial charge < -0.3 is 9.47 Å². The van der Waals surface area contributed by atoms with Crippen molar-refractivity contribution >= 4 is 5.78 Å². The van der Waals surface area contributed by atoms with E-state index in [1.807, 2.05) is 12.1 Å². The second-order valence-electron chi connectivity index (χ2n) is 5.19. The third-order valence-corrected chi connectivity index (χ3v) is 4.10. The number of ether oxygens (including phenoxy) is 2. The summed E-state index contributed by atoms with van der Waals surface area (Å²) in [6.07, 6.45) is 3.14. The SMILES string of the molecule is COc1ccccc1C(C#N)C(=O)CC1(OC)CCC1. The van der Waals surface area contributed by atoms with Crippen molar-refractivity contribution in [3.63, 3.8) is 0 Å². The van der Waals surface area contributed by atoms with Gasteiger partial charge in [0.05, 0.1) is 18.8 Å². The Bertz CT molecular complexity index is 523.